The molecule has 6 rings (SSSR count). The SMILES string of the molecule is CCNC(=O)P1C2CN(S(=O)c3cnn(C)n3)CC21c1cc2cnn(-c3ccc(F)cc3)c2cc1C. The van der Waals surface area contributed by atoms with Gasteiger partial charge in [-0.1, -0.05) is 0 Å². The molecule has 2 saturated heterocycles. The normalized spacial score (nSPS) is 24.1. The second-order valence-corrected chi connectivity index (χ2v) is 13.1. The number of carbonyl (C=O) groups is 1. The molecule has 1 N–H and O–H groups in total. The van der Waals surface area contributed by atoms with Crippen molar-refractivity contribution >= 4 is 35.5 Å². The average molecular weight is 526 g/mol. The van der Waals surface area contributed by atoms with Crippen LogP contribution in [0.4, 0.5) is 9.18 Å². The molecule has 0 saturated carbocycles. The quantitative estimate of drug-likeness (QED) is 0.389. The number of benzene rings is 2. The van der Waals surface area contributed by atoms with Crippen molar-refractivity contribution in [2.75, 3.05) is 19.6 Å². The highest BCUT2D eigenvalue weighted by Gasteiger charge is 2.73. The van der Waals surface area contributed by atoms with Gasteiger partial charge >= 0.3 is 0 Å². The summed E-state index contributed by atoms with van der Waals surface area (Å²) in [6, 6.07) is 10.4. The van der Waals surface area contributed by atoms with Crippen LogP contribution in [0, 0.1) is 12.7 Å². The van der Waals surface area contributed by atoms with Crippen LogP contribution in [0.3, 0.4) is 0 Å². The van der Waals surface area contributed by atoms with Crippen LogP contribution < -0.4 is 5.32 Å². The summed E-state index contributed by atoms with van der Waals surface area (Å²) in [5.41, 5.74) is 4.06. The lowest BCUT2D eigenvalue weighted by Gasteiger charge is -2.23. The van der Waals surface area contributed by atoms with E-state index in [4.69, 9.17) is 0 Å². The largest absolute Gasteiger partial charge is 0.353 e. The third-order valence-electron chi connectivity index (χ3n) is 7.01. The number of nitrogens with zero attached hydrogens (tertiary/aromatic N) is 6. The van der Waals surface area contributed by atoms with Gasteiger partial charge in [-0.15, -0.1) is 5.10 Å². The second kappa shape index (κ2) is 8.54. The molecule has 186 valence electrons. The Balaban J connectivity index is 1.39. The van der Waals surface area contributed by atoms with Gasteiger partial charge in [-0.25, -0.2) is 17.6 Å². The van der Waals surface area contributed by atoms with Crippen LogP contribution in [0.5, 0.6) is 0 Å². The van der Waals surface area contributed by atoms with Crippen molar-refractivity contribution in [3.63, 3.8) is 0 Å². The summed E-state index contributed by atoms with van der Waals surface area (Å²) in [4.78, 5) is 14.5. The molecule has 0 spiro atoms. The molecule has 0 aliphatic carbocycles. The minimum absolute atomic E-state index is 0.101. The van der Waals surface area contributed by atoms with Crippen LogP contribution in [0.2, 0.25) is 0 Å². The van der Waals surface area contributed by atoms with Crippen LogP contribution in [0.25, 0.3) is 16.6 Å². The van der Waals surface area contributed by atoms with E-state index in [9.17, 15) is 13.4 Å². The Morgan fingerprint density at radius 3 is 2.72 bits per heavy atom. The number of nitrogens with one attached hydrogen (secondary N) is 1. The summed E-state index contributed by atoms with van der Waals surface area (Å²) >= 11 is 0. The fourth-order valence-electron chi connectivity index (χ4n) is 5.39. The Morgan fingerprint density at radius 1 is 1.25 bits per heavy atom. The maximum atomic E-state index is 13.4. The molecule has 2 aliphatic rings. The van der Waals surface area contributed by atoms with Crippen LogP contribution in [0.15, 0.2) is 53.8 Å². The van der Waals surface area contributed by atoms with E-state index in [0.717, 1.165) is 27.7 Å². The zero-order chi connectivity index (χ0) is 25.2. The van der Waals surface area contributed by atoms with Crippen LogP contribution in [0.1, 0.15) is 18.1 Å². The second-order valence-electron chi connectivity index (χ2n) is 9.15. The maximum Gasteiger partial charge on any atom is 0.242 e. The van der Waals surface area contributed by atoms with E-state index in [1.165, 1.54) is 23.1 Å². The Kier molecular flexibility index (Phi) is 5.55. The third-order valence-corrected chi connectivity index (χ3v) is 11.4. The Hall–Kier alpha value is -3.01. The van der Waals surface area contributed by atoms with Crippen molar-refractivity contribution < 1.29 is 13.4 Å². The van der Waals surface area contributed by atoms with E-state index in [-0.39, 0.29) is 22.3 Å². The first kappa shape index (κ1) is 23.4. The van der Waals surface area contributed by atoms with Gasteiger partial charge in [0.1, 0.15) is 16.8 Å². The standard InChI is InChI=1S/C24H25FN7O2PS/c1-4-26-23(33)35-21-13-31(36(34)22-12-27-30(3)29-22)14-24(21,35)19-10-16-11-28-32(20(16)9-15(19)2)18-7-5-17(25)6-8-18/h5-12,21H,4,13-14H2,1-3H3,(H,26,33). The molecule has 9 nitrogen and oxygen atoms in total. The summed E-state index contributed by atoms with van der Waals surface area (Å²) in [6.07, 6.45) is 3.33. The van der Waals surface area contributed by atoms with E-state index in [1.54, 1.807) is 30.1 Å². The van der Waals surface area contributed by atoms with Crippen molar-refractivity contribution in [2.24, 2.45) is 7.05 Å². The van der Waals surface area contributed by atoms with E-state index < -0.39 is 18.9 Å². The molecular formula is C24H25FN7O2PS. The number of hydrogen-bond donors (Lipinski definition) is 1. The monoisotopic (exact) mass is 525 g/mol. The van der Waals surface area contributed by atoms with Gasteiger partial charge in [-0.05, 0) is 61.4 Å². The number of carbonyl (C=O) groups excluding carboxylic acids is 1. The number of rotatable bonds is 6. The third kappa shape index (κ3) is 3.52. The summed E-state index contributed by atoms with van der Waals surface area (Å²) in [7, 11) is -0.728. The van der Waals surface area contributed by atoms with E-state index in [0.29, 0.717) is 24.7 Å². The van der Waals surface area contributed by atoms with Gasteiger partial charge in [0.25, 0.3) is 0 Å². The molecule has 12 heteroatoms. The summed E-state index contributed by atoms with van der Waals surface area (Å²) in [5, 5.41) is 16.8. The fraction of sp³-hybridized carbons (Fsp3) is 0.333. The van der Waals surface area contributed by atoms with Crippen molar-refractivity contribution in [1.82, 2.24) is 34.4 Å². The number of fused-ring (bicyclic) bond motifs is 2. The number of amides is 1. The van der Waals surface area contributed by atoms with Gasteiger partial charge in [0.2, 0.25) is 5.65 Å². The van der Waals surface area contributed by atoms with Gasteiger partial charge in [-0.3, -0.25) is 4.79 Å². The zero-order valence-corrected chi connectivity index (χ0v) is 21.8. The molecule has 0 radical (unpaired) electrons. The molecule has 36 heavy (non-hydrogen) atoms. The minimum Gasteiger partial charge on any atom is -0.353 e. The molecular weight excluding hydrogens is 500 g/mol. The van der Waals surface area contributed by atoms with Crippen molar-refractivity contribution in [1.29, 1.82) is 0 Å². The molecule has 4 atom stereocenters. The molecule has 2 aliphatic heterocycles. The van der Waals surface area contributed by atoms with Crippen LogP contribution in [-0.4, -0.2) is 64.2 Å². The van der Waals surface area contributed by atoms with Crippen molar-refractivity contribution in [3.05, 3.63) is 65.7 Å². The maximum absolute atomic E-state index is 13.4. The molecule has 1 amide bonds. The molecule has 2 aromatic carbocycles. The molecule has 0 bridgehead atoms. The van der Waals surface area contributed by atoms with Gasteiger partial charge < -0.3 is 5.32 Å². The van der Waals surface area contributed by atoms with Crippen LogP contribution in [-0.2, 0) is 23.2 Å². The van der Waals surface area contributed by atoms with Crippen molar-refractivity contribution in [2.45, 2.75) is 29.7 Å². The number of aryl methyl sites for hydroxylation is 2. The average Bonchev–Trinajstić information content (AvgIpc) is 3.26. The lowest BCUT2D eigenvalue weighted by atomic mass is 9.93. The Bertz CT molecular complexity index is 1520. The number of halogens is 1. The minimum atomic E-state index is -1.45. The highest BCUT2D eigenvalue weighted by Crippen LogP contribution is 2.83. The first-order chi connectivity index (χ1) is 17.3. The fourth-order valence-corrected chi connectivity index (χ4v) is 10.2. The number of hydrogen-bond acceptors (Lipinski definition) is 5. The van der Waals surface area contributed by atoms with E-state index >= 15 is 0 Å². The van der Waals surface area contributed by atoms with Gasteiger partial charge in [0.05, 0.1) is 23.6 Å². The molecule has 2 fully saturated rings. The van der Waals surface area contributed by atoms with Crippen molar-refractivity contribution in [3.8, 4) is 5.69 Å². The van der Waals surface area contributed by atoms with Gasteiger partial charge in [0.15, 0.2) is 5.03 Å². The highest BCUT2D eigenvalue weighted by atomic mass is 32.2. The Labute approximate surface area is 211 Å². The first-order valence-electron chi connectivity index (χ1n) is 11.7. The molecule has 4 unspecified atom stereocenters. The molecule has 2 aromatic heterocycles. The highest BCUT2D eigenvalue weighted by molar-refractivity contribution is 7.85. The topological polar surface area (TPSA) is 97.9 Å². The summed E-state index contributed by atoms with van der Waals surface area (Å²) < 4.78 is 30.4. The lowest BCUT2D eigenvalue weighted by Crippen LogP contribution is -2.30. The van der Waals surface area contributed by atoms with Gasteiger partial charge in [0, 0.05) is 50.8 Å². The summed E-state index contributed by atoms with van der Waals surface area (Å²) in [5.74, 6) is -0.295. The first-order valence-corrected chi connectivity index (χ1v) is 14.2. The number of aromatic nitrogens is 5. The van der Waals surface area contributed by atoms with Gasteiger partial charge in [-0.2, -0.15) is 15.0 Å². The lowest BCUT2D eigenvalue weighted by molar-refractivity contribution is 0.260. The predicted octanol–water partition coefficient (Wildman–Crippen LogP) is 3.43. The van der Waals surface area contributed by atoms with Crippen LogP contribution >= 0.6 is 7.92 Å². The van der Waals surface area contributed by atoms with E-state index in [1.807, 2.05) is 11.2 Å². The Morgan fingerprint density at radius 2 is 2.03 bits per heavy atom. The molecule has 4 aromatic rings. The molecule has 4 heterocycles. The summed E-state index contributed by atoms with van der Waals surface area (Å²) in [6.45, 7) is 5.64. The zero-order valence-electron chi connectivity index (χ0n) is 20.1. The predicted molar refractivity (Wildman–Crippen MR) is 136 cm³/mol. The van der Waals surface area contributed by atoms with E-state index in [2.05, 4.69) is 39.7 Å². The smallest absolute Gasteiger partial charge is 0.242 e.